The number of aromatic nitrogens is 2. The summed E-state index contributed by atoms with van der Waals surface area (Å²) in [6.45, 7) is 4.07. The summed E-state index contributed by atoms with van der Waals surface area (Å²) >= 11 is 6.77. The molecule has 1 heterocycles. The molecule has 0 saturated carbocycles. The molecule has 0 aliphatic heterocycles. The van der Waals surface area contributed by atoms with Crippen molar-refractivity contribution in [2.45, 2.75) is 19.2 Å². The van der Waals surface area contributed by atoms with Crippen LogP contribution < -0.4 is 5.56 Å². The minimum atomic E-state index is -0.0306. The first kappa shape index (κ1) is 13.6. The van der Waals surface area contributed by atoms with E-state index in [1.165, 1.54) is 0 Å². The Hall–Kier alpha value is -0.810. The van der Waals surface area contributed by atoms with Crippen LogP contribution in [0.3, 0.4) is 0 Å². The minimum absolute atomic E-state index is 0.0306. The van der Waals surface area contributed by atoms with E-state index < -0.39 is 0 Å². The van der Waals surface area contributed by atoms with Crippen LogP contribution in [0.25, 0.3) is 5.69 Å². The van der Waals surface area contributed by atoms with Gasteiger partial charge in [-0.1, -0.05) is 22.0 Å². The average Bonchev–Trinajstić information content (AvgIpc) is 2.48. The lowest BCUT2D eigenvalue weighted by atomic mass is 10.1. The first-order valence-corrected chi connectivity index (χ1v) is 7.48. The van der Waals surface area contributed by atoms with E-state index in [0.717, 1.165) is 22.5 Å². The lowest BCUT2D eigenvalue weighted by molar-refractivity contribution is 0.628. The minimum Gasteiger partial charge on any atom is -0.283 e. The normalized spacial score (nSPS) is 10.9. The Labute approximate surface area is 123 Å². The van der Waals surface area contributed by atoms with Crippen molar-refractivity contribution in [1.29, 1.82) is 0 Å². The van der Waals surface area contributed by atoms with E-state index in [2.05, 4.69) is 37.9 Å². The van der Waals surface area contributed by atoms with Gasteiger partial charge in [0.05, 0.1) is 11.4 Å². The summed E-state index contributed by atoms with van der Waals surface area (Å²) in [6, 6.07) is 6.12. The smallest absolute Gasteiger partial charge is 0.283 e. The van der Waals surface area contributed by atoms with Crippen molar-refractivity contribution in [3.05, 3.63) is 49.8 Å². The zero-order valence-electron chi connectivity index (χ0n) is 10.5. The molecule has 5 heteroatoms. The van der Waals surface area contributed by atoms with Crippen molar-refractivity contribution in [2.75, 3.05) is 0 Å². The molecule has 0 saturated heterocycles. The van der Waals surface area contributed by atoms with E-state index in [1.807, 2.05) is 37.7 Å². The van der Waals surface area contributed by atoms with Crippen LogP contribution in [-0.4, -0.2) is 9.36 Å². The lowest BCUT2D eigenvalue weighted by Gasteiger charge is -2.10. The summed E-state index contributed by atoms with van der Waals surface area (Å²) in [4.78, 5) is 12.3. The number of benzene rings is 1. The van der Waals surface area contributed by atoms with E-state index in [9.17, 15) is 4.79 Å². The van der Waals surface area contributed by atoms with Crippen LogP contribution in [0.15, 0.2) is 27.5 Å². The van der Waals surface area contributed by atoms with Gasteiger partial charge < -0.3 is 0 Å². The zero-order valence-corrected chi connectivity index (χ0v) is 13.7. The summed E-state index contributed by atoms with van der Waals surface area (Å²) in [6.07, 6.45) is 0. The molecular weight excluding hydrogens is 360 g/mol. The number of hydrogen-bond donors (Lipinski definition) is 0. The molecule has 0 bridgehead atoms. The molecule has 0 spiro atoms. The fourth-order valence-corrected chi connectivity index (χ4v) is 3.71. The molecule has 3 nitrogen and oxygen atoms in total. The summed E-state index contributed by atoms with van der Waals surface area (Å²) in [5.74, 6) is 0. The van der Waals surface area contributed by atoms with E-state index >= 15 is 0 Å². The Bertz CT molecular complexity index is 635. The van der Waals surface area contributed by atoms with Gasteiger partial charge in [0.25, 0.3) is 5.56 Å². The molecule has 18 heavy (non-hydrogen) atoms. The summed E-state index contributed by atoms with van der Waals surface area (Å²) < 4.78 is 4.16. The van der Waals surface area contributed by atoms with Crippen molar-refractivity contribution >= 4 is 31.9 Å². The molecular formula is C13H14Br2N2O. The van der Waals surface area contributed by atoms with Crippen LogP contribution in [0.2, 0.25) is 0 Å². The predicted molar refractivity (Wildman–Crippen MR) is 80.8 cm³/mol. The molecule has 2 rings (SSSR count). The van der Waals surface area contributed by atoms with E-state index in [1.54, 1.807) is 4.68 Å². The van der Waals surface area contributed by atoms with Gasteiger partial charge >= 0.3 is 0 Å². The van der Waals surface area contributed by atoms with Crippen LogP contribution in [0.4, 0.5) is 0 Å². The highest BCUT2D eigenvalue weighted by Crippen LogP contribution is 2.19. The molecule has 0 aliphatic rings. The third kappa shape index (κ3) is 2.21. The van der Waals surface area contributed by atoms with Crippen LogP contribution in [0.1, 0.15) is 16.8 Å². The third-order valence-electron chi connectivity index (χ3n) is 2.90. The monoisotopic (exact) mass is 372 g/mol. The third-order valence-corrected chi connectivity index (χ3v) is 4.23. The first-order chi connectivity index (χ1) is 8.45. The quantitative estimate of drug-likeness (QED) is 0.740. The van der Waals surface area contributed by atoms with Crippen molar-refractivity contribution < 1.29 is 0 Å². The molecule has 0 radical (unpaired) electrons. The standard InChI is InChI=1S/C13H14Br2N2O/c1-8-4-9(2)6-10(5-8)17-13(18)12(15)11(7-14)16(17)3/h4-6H,7H2,1-3H3. The zero-order chi connectivity index (χ0) is 13.4. The van der Waals surface area contributed by atoms with E-state index in [4.69, 9.17) is 0 Å². The molecule has 1 aromatic carbocycles. The summed E-state index contributed by atoms with van der Waals surface area (Å²) in [5.41, 5.74) is 4.09. The van der Waals surface area contributed by atoms with Gasteiger partial charge in [-0.05, 0) is 53.0 Å². The van der Waals surface area contributed by atoms with Crippen LogP contribution in [0.5, 0.6) is 0 Å². The number of aryl methyl sites for hydroxylation is 2. The Morgan fingerprint density at radius 3 is 2.17 bits per heavy atom. The predicted octanol–water partition coefficient (Wildman–Crippen LogP) is 3.45. The second-order valence-corrected chi connectivity index (χ2v) is 5.73. The largest absolute Gasteiger partial charge is 0.286 e. The second kappa shape index (κ2) is 5.05. The van der Waals surface area contributed by atoms with Gasteiger partial charge in [0.1, 0.15) is 4.47 Å². The van der Waals surface area contributed by atoms with Gasteiger partial charge in [-0.15, -0.1) is 0 Å². The van der Waals surface area contributed by atoms with Gasteiger partial charge in [-0.3, -0.25) is 9.48 Å². The highest BCUT2D eigenvalue weighted by Gasteiger charge is 2.16. The Kier molecular flexibility index (Phi) is 3.82. The SMILES string of the molecule is Cc1cc(C)cc(-n2c(=O)c(Br)c(CBr)n2C)c1. The Morgan fingerprint density at radius 2 is 1.72 bits per heavy atom. The summed E-state index contributed by atoms with van der Waals surface area (Å²) in [7, 11) is 1.89. The molecule has 0 N–H and O–H groups in total. The fraction of sp³-hybridized carbons (Fsp3) is 0.308. The molecule has 0 atom stereocenters. The number of nitrogens with zero attached hydrogens (tertiary/aromatic N) is 2. The van der Waals surface area contributed by atoms with Crippen molar-refractivity contribution in [1.82, 2.24) is 9.36 Å². The van der Waals surface area contributed by atoms with Gasteiger partial charge in [0.15, 0.2) is 0 Å². The van der Waals surface area contributed by atoms with E-state index in [0.29, 0.717) is 9.80 Å². The van der Waals surface area contributed by atoms with Crippen LogP contribution >= 0.6 is 31.9 Å². The molecule has 1 aromatic heterocycles. The van der Waals surface area contributed by atoms with Crippen molar-refractivity contribution in [2.24, 2.45) is 7.05 Å². The molecule has 2 aromatic rings. The number of halogens is 2. The average molecular weight is 374 g/mol. The van der Waals surface area contributed by atoms with E-state index in [-0.39, 0.29) is 5.56 Å². The highest BCUT2D eigenvalue weighted by molar-refractivity contribution is 9.10. The first-order valence-electron chi connectivity index (χ1n) is 5.56. The number of rotatable bonds is 2. The number of hydrogen-bond acceptors (Lipinski definition) is 1. The van der Waals surface area contributed by atoms with Crippen molar-refractivity contribution in [3.8, 4) is 5.69 Å². The maximum Gasteiger partial charge on any atom is 0.286 e. The Morgan fingerprint density at radius 1 is 1.17 bits per heavy atom. The molecule has 0 aliphatic carbocycles. The summed E-state index contributed by atoms with van der Waals surface area (Å²) in [5, 5.41) is 0.636. The van der Waals surface area contributed by atoms with Crippen LogP contribution in [0, 0.1) is 13.8 Å². The maximum absolute atomic E-state index is 12.3. The maximum atomic E-state index is 12.3. The fourth-order valence-electron chi connectivity index (χ4n) is 2.12. The van der Waals surface area contributed by atoms with Gasteiger partial charge in [0, 0.05) is 12.4 Å². The molecule has 96 valence electrons. The van der Waals surface area contributed by atoms with Crippen molar-refractivity contribution in [3.63, 3.8) is 0 Å². The van der Waals surface area contributed by atoms with Gasteiger partial charge in [-0.2, -0.15) is 0 Å². The molecule has 0 unspecified atom stereocenters. The van der Waals surface area contributed by atoms with Gasteiger partial charge in [-0.25, -0.2) is 4.68 Å². The molecule has 0 amide bonds. The lowest BCUT2D eigenvalue weighted by Crippen LogP contribution is -2.20. The topological polar surface area (TPSA) is 26.9 Å². The number of alkyl halides is 1. The second-order valence-electron chi connectivity index (χ2n) is 4.38. The Balaban J connectivity index is 2.75. The molecule has 0 fully saturated rings. The highest BCUT2D eigenvalue weighted by atomic mass is 79.9. The van der Waals surface area contributed by atoms with Crippen LogP contribution in [-0.2, 0) is 12.4 Å². The van der Waals surface area contributed by atoms with Gasteiger partial charge in [0.2, 0.25) is 0 Å².